The van der Waals surface area contributed by atoms with Crippen LogP contribution in [0.4, 0.5) is 11.4 Å². The lowest BCUT2D eigenvalue weighted by Crippen LogP contribution is -2.29. The summed E-state index contributed by atoms with van der Waals surface area (Å²) in [5, 5.41) is 35.1. The molecule has 4 amide bonds. The third kappa shape index (κ3) is 15.2. The van der Waals surface area contributed by atoms with Gasteiger partial charge in [-0.2, -0.15) is 16.8 Å². The van der Waals surface area contributed by atoms with E-state index in [0.29, 0.717) is 93.0 Å². The van der Waals surface area contributed by atoms with Crippen molar-refractivity contribution in [3.8, 4) is 23.0 Å². The van der Waals surface area contributed by atoms with Crippen LogP contribution >= 0.6 is 0 Å². The molecule has 2 aliphatic rings. The topological polar surface area (TPSA) is 314 Å². The van der Waals surface area contributed by atoms with Crippen LogP contribution in [0, 0.1) is 0 Å². The fourth-order valence-electron chi connectivity index (χ4n) is 6.80. The van der Waals surface area contributed by atoms with Gasteiger partial charge in [-0.1, -0.05) is 36.4 Å². The van der Waals surface area contributed by atoms with E-state index in [4.69, 9.17) is 19.3 Å². The van der Waals surface area contributed by atoms with Gasteiger partial charge in [-0.25, -0.2) is 27.6 Å². The summed E-state index contributed by atoms with van der Waals surface area (Å²) in [5.74, 6) is -3.08. The predicted octanol–water partition coefficient (Wildman–Crippen LogP) is 2.45. The minimum Gasteiger partial charge on any atom is -0.506 e. The first kappa shape index (κ1) is 52.4. The highest BCUT2D eigenvalue weighted by Gasteiger charge is 2.36. The quantitative estimate of drug-likeness (QED) is 0.0439. The van der Waals surface area contributed by atoms with Crippen LogP contribution in [0.1, 0.15) is 70.4 Å². The van der Waals surface area contributed by atoms with Crippen molar-refractivity contribution in [3.05, 3.63) is 107 Å². The molecule has 2 fully saturated rings. The van der Waals surface area contributed by atoms with Gasteiger partial charge in [0.1, 0.15) is 47.2 Å². The normalized spacial score (nSPS) is 14.4. The third-order valence-electron chi connectivity index (χ3n) is 10.3. The van der Waals surface area contributed by atoms with Crippen molar-refractivity contribution < 1.29 is 75.1 Å². The van der Waals surface area contributed by atoms with Crippen molar-refractivity contribution in [2.45, 2.75) is 51.4 Å². The molecule has 6 rings (SSSR count). The van der Waals surface area contributed by atoms with E-state index in [1.165, 1.54) is 37.4 Å². The Kier molecular flexibility index (Phi) is 18.5. The molecular formula is C45H52N6O16S2. The van der Waals surface area contributed by atoms with E-state index in [9.17, 15) is 55.8 Å². The number of phenolic OH excluding ortho intramolecular Hbond substituents is 2. The molecule has 24 heteroatoms. The smallest absolute Gasteiger partial charge is 0.341 e. The number of carboxylic acids is 1. The van der Waals surface area contributed by atoms with Crippen LogP contribution < -0.4 is 38.2 Å². The Morgan fingerprint density at radius 1 is 0.623 bits per heavy atom. The molecule has 69 heavy (non-hydrogen) atoms. The van der Waals surface area contributed by atoms with E-state index in [1.54, 1.807) is 54.6 Å². The number of aryl methyl sites for hydroxylation is 2. The fourth-order valence-corrected chi connectivity index (χ4v) is 9.13. The summed E-state index contributed by atoms with van der Waals surface area (Å²) in [6.45, 7) is 0.776. The summed E-state index contributed by atoms with van der Waals surface area (Å²) in [6, 6.07) is 21.9. The highest BCUT2D eigenvalue weighted by molar-refractivity contribution is 7.92. The number of carboxylic acid groups (broad SMARTS) is 1. The number of nitrogens with zero attached hydrogens (tertiary/aromatic N) is 2. The number of amides is 4. The number of hydrogen-bond acceptors (Lipinski definition) is 15. The molecule has 0 radical (unpaired) electrons. The van der Waals surface area contributed by atoms with Gasteiger partial charge >= 0.3 is 32.4 Å². The molecule has 22 nitrogen and oxygen atoms in total. The number of phenols is 2. The number of ether oxygens (including phenoxy) is 3. The molecule has 0 aromatic heterocycles. The number of benzene rings is 4. The van der Waals surface area contributed by atoms with Crippen LogP contribution in [0.15, 0.2) is 84.9 Å². The molecule has 0 saturated carbocycles. The minimum absolute atomic E-state index is 0.00650. The Hall–Kier alpha value is -7.60. The highest BCUT2D eigenvalue weighted by atomic mass is 32.2. The number of para-hydroxylation sites is 2. The molecule has 0 unspecified atom stereocenters. The summed E-state index contributed by atoms with van der Waals surface area (Å²) in [6.07, 6.45) is 3.65. The average Bonchev–Trinajstić information content (AvgIpc) is 3.76. The van der Waals surface area contributed by atoms with E-state index in [0.717, 1.165) is 8.61 Å². The third-order valence-corrected chi connectivity index (χ3v) is 13.0. The molecule has 7 N–H and O–H groups in total. The summed E-state index contributed by atoms with van der Waals surface area (Å²) in [7, 11) is -6.72. The number of carbonyl (C=O) groups excluding carboxylic acids is 5. The Morgan fingerprint density at radius 3 is 1.43 bits per heavy atom. The Balaban J connectivity index is 0.000000258. The van der Waals surface area contributed by atoms with Crippen LogP contribution in [0.5, 0.6) is 23.0 Å². The zero-order chi connectivity index (χ0) is 50.1. The standard InChI is InChI=1S/C23H27N3O8S.C22H25N3O8S/c1-33-23(30)17-6-2-3-7-20(17)34-13-5-4-12-24-21(28)11-9-16-8-10-18(19(27)14-16)26-15-22(29)25-35(26,31)32;26-18-13-15(7-9-17(18)25-14-21(28)24-34(25,31)32)8-10-20(27)23-11-3-4-12-33-19-6-2-1-5-16(19)22(29)30/h2-3,6-8,10,14,27H,4-5,9,11-13,15H2,1H3,(H,24,28)(H,25,29);1-2,5-7,9,13,26H,3-4,8,10-12,14H2,(H,23,27)(H,24,28)(H,29,30). The van der Waals surface area contributed by atoms with Crippen molar-refractivity contribution in [2.75, 3.05) is 55.1 Å². The second kappa shape index (κ2) is 24.4. The predicted molar refractivity (Wildman–Crippen MR) is 248 cm³/mol. The van der Waals surface area contributed by atoms with E-state index < -0.39 is 57.3 Å². The van der Waals surface area contributed by atoms with Gasteiger partial charge in [0.25, 0.3) is 11.8 Å². The van der Waals surface area contributed by atoms with Crippen LogP contribution in [-0.4, -0.2) is 114 Å². The van der Waals surface area contributed by atoms with Gasteiger partial charge in [-0.05, 0) is 98.2 Å². The van der Waals surface area contributed by atoms with Gasteiger partial charge in [0.15, 0.2) is 0 Å². The van der Waals surface area contributed by atoms with Crippen molar-refractivity contribution in [1.29, 1.82) is 0 Å². The molecular weight excluding hydrogens is 945 g/mol. The minimum atomic E-state index is -4.01. The number of anilines is 2. The number of aromatic hydroxyl groups is 2. The summed E-state index contributed by atoms with van der Waals surface area (Å²) in [4.78, 5) is 69.8. The fraction of sp³-hybridized carbons (Fsp3) is 0.333. The lowest BCUT2D eigenvalue weighted by molar-refractivity contribution is -0.121. The summed E-state index contributed by atoms with van der Waals surface area (Å²) < 4.78 is 68.8. The lowest BCUT2D eigenvalue weighted by atomic mass is 10.1. The Bertz CT molecular complexity index is 2750. The first-order valence-electron chi connectivity index (χ1n) is 21.5. The lowest BCUT2D eigenvalue weighted by Gasteiger charge is -2.16. The van der Waals surface area contributed by atoms with Gasteiger partial charge < -0.3 is 40.2 Å². The zero-order valence-corrected chi connectivity index (χ0v) is 39.0. The SMILES string of the molecule is COC(=O)c1ccccc1OCCCCNC(=O)CCc1ccc(N2CC(=O)NS2(=O)=O)c(O)c1.O=C(CCc1ccc(N2CC(=O)NS2(=O)=O)c(O)c1)NCCCCOc1ccccc1C(=O)O. The molecule has 2 heterocycles. The van der Waals surface area contributed by atoms with Crippen LogP contribution in [0.25, 0.3) is 0 Å². The molecule has 0 aliphatic carbocycles. The molecule has 0 bridgehead atoms. The van der Waals surface area contributed by atoms with Gasteiger partial charge in [0, 0.05) is 25.9 Å². The molecule has 2 aliphatic heterocycles. The molecule has 0 spiro atoms. The Morgan fingerprint density at radius 2 is 1.04 bits per heavy atom. The van der Waals surface area contributed by atoms with Crippen molar-refractivity contribution in [3.63, 3.8) is 0 Å². The highest BCUT2D eigenvalue weighted by Crippen LogP contribution is 2.33. The molecule has 0 atom stereocenters. The number of methoxy groups -OCH3 is 1. The van der Waals surface area contributed by atoms with Gasteiger partial charge in [0.05, 0.1) is 31.7 Å². The Labute approximate surface area is 397 Å². The number of carbonyl (C=O) groups is 6. The van der Waals surface area contributed by atoms with Crippen LogP contribution in [0.2, 0.25) is 0 Å². The van der Waals surface area contributed by atoms with Crippen molar-refractivity contribution >= 4 is 67.4 Å². The van der Waals surface area contributed by atoms with E-state index >= 15 is 0 Å². The van der Waals surface area contributed by atoms with Crippen molar-refractivity contribution in [1.82, 2.24) is 20.1 Å². The van der Waals surface area contributed by atoms with Gasteiger partial charge in [-0.15, -0.1) is 0 Å². The number of aromatic carboxylic acids is 1. The van der Waals surface area contributed by atoms with E-state index in [2.05, 4.69) is 10.6 Å². The maximum atomic E-state index is 12.1. The van der Waals surface area contributed by atoms with Crippen molar-refractivity contribution in [2.24, 2.45) is 0 Å². The number of rotatable bonds is 22. The summed E-state index contributed by atoms with van der Waals surface area (Å²) in [5.41, 5.74) is 1.72. The molecule has 370 valence electrons. The van der Waals surface area contributed by atoms with Crippen LogP contribution in [0.3, 0.4) is 0 Å². The number of hydrogen-bond donors (Lipinski definition) is 7. The summed E-state index contributed by atoms with van der Waals surface area (Å²) >= 11 is 0. The molecule has 4 aromatic rings. The maximum absolute atomic E-state index is 12.1. The molecule has 4 aromatic carbocycles. The van der Waals surface area contributed by atoms with E-state index in [-0.39, 0.29) is 53.1 Å². The monoisotopic (exact) mass is 996 g/mol. The van der Waals surface area contributed by atoms with E-state index in [1.807, 2.05) is 9.44 Å². The van der Waals surface area contributed by atoms with Gasteiger partial charge in [0.2, 0.25) is 11.8 Å². The second-order valence-electron chi connectivity index (χ2n) is 15.3. The first-order valence-corrected chi connectivity index (χ1v) is 24.4. The first-order chi connectivity index (χ1) is 32.9. The largest absolute Gasteiger partial charge is 0.506 e. The number of esters is 1. The second-order valence-corrected chi connectivity index (χ2v) is 18.5. The average molecular weight is 997 g/mol. The maximum Gasteiger partial charge on any atom is 0.341 e. The van der Waals surface area contributed by atoms with Gasteiger partial charge in [-0.3, -0.25) is 19.2 Å². The molecule has 2 saturated heterocycles. The number of nitrogens with one attached hydrogen (secondary N) is 4. The zero-order valence-electron chi connectivity index (χ0n) is 37.3. The van der Waals surface area contributed by atoms with Crippen LogP contribution in [-0.2, 0) is 57.2 Å². The number of unbranched alkanes of at least 4 members (excludes halogenated alkanes) is 2.